The second-order valence-electron chi connectivity index (χ2n) is 5.90. The topological polar surface area (TPSA) is 59.6 Å². The van der Waals surface area contributed by atoms with Crippen LogP contribution in [0.3, 0.4) is 0 Å². The molecule has 2 heterocycles. The molecule has 0 bridgehead atoms. The number of nitrogens with one attached hydrogen (secondary N) is 2. The Balaban J connectivity index is 1.54. The number of amides is 1. The largest absolute Gasteiger partial charge is 0.376 e. The summed E-state index contributed by atoms with van der Waals surface area (Å²) in [5.41, 5.74) is 0. The molecule has 2 rings (SSSR count). The van der Waals surface area contributed by atoms with E-state index in [1.807, 2.05) is 6.92 Å². The first-order valence-corrected chi connectivity index (χ1v) is 7.97. The highest BCUT2D eigenvalue weighted by molar-refractivity contribution is 5.80. The first kappa shape index (κ1) is 15.7. The van der Waals surface area contributed by atoms with Crippen molar-refractivity contribution in [3.8, 4) is 0 Å². The zero-order chi connectivity index (χ0) is 14.2. The van der Waals surface area contributed by atoms with Crippen molar-refractivity contribution in [2.75, 3.05) is 32.8 Å². The quantitative estimate of drug-likeness (QED) is 0.734. The van der Waals surface area contributed by atoms with Crippen LogP contribution in [0.15, 0.2) is 0 Å². The summed E-state index contributed by atoms with van der Waals surface area (Å²) in [4.78, 5) is 11.9. The van der Waals surface area contributed by atoms with E-state index in [9.17, 15) is 4.79 Å². The molecule has 1 amide bonds. The van der Waals surface area contributed by atoms with E-state index in [-0.39, 0.29) is 18.1 Å². The monoisotopic (exact) mass is 284 g/mol. The number of hydrogen-bond donors (Lipinski definition) is 2. The average molecular weight is 284 g/mol. The molecule has 0 aromatic carbocycles. The molecule has 2 aliphatic rings. The first-order chi connectivity index (χ1) is 9.75. The molecule has 2 N–H and O–H groups in total. The predicted octanol–water partition coefficient (Wildman–Crippen LogP) is 1.08. The Morgan fingerprint density at radius 1 is 1.45 bits per heavy atom. The van der Waals surface area contributed by atoms with Crippen LogP contribution in [0.4, 0.5) is 0 Å². The van der Waals surface area contributed by atoms with Gasteiger partial charge in [0.05, 0.1) is 12.7 Å². The summed E-state index contributed by atoms with van der Waals surface area (Å²) in [6, 6.07) is 0. The van der Waals surface area contributed by atoms with Crippen LogP contribution >= 0.6 is 0 Å². The van der Waals surface area contributed by atoms with Gasteiger partial charge >= 0.3 is 0 Å². The molecule has 5 heteroatoms. The van der Waals surface area contributed by atoms with Gasteiger partial charge in [0.2, 0.25) is 5.91 Å². The van der Waals surface area contributed by atoms with Crippen molar-refractivity contribution in [2.45, 2.75) is 51.2 Å². The third kappa shape index (κ3) is 5.38. The third-order valence-electron chi connectivity index (χ3n) is 4.19. The second-order valence-corrected chi connectivity index (χ2v) is 5.90. The van der Waals surface area contributed by atoms with Crippen molar-refractivity contribution in [1.82, 2.24) is 10.6 Å². The van der Waals surface area contributed by atoms with Crippen LogP contribution in [0.25, 0.3) is 0 Å². The highest BCUT2D eigenvalue weighted by Gasteiger charge is 2.19. The summed E-state index contributed by atoms with van der Waals surface area (Å²) in [5, 5.41) is 6.30. The Hall–Kier alpha value is -0.650. The Kier molecular flexibility index (Phi) is 6.76. The van der Waals surface area contributed by atoms with Crippen LogP contribution in [-0.2, 0) is 14.3 Å². The third-order valence-corrected chi connectivity index (χ3v) is 4.19. The van der Waals surface area contributed by atoms with Gasteiger partial charge in [0.15, 0.2) is 0 Å². The van der Waals surface area contributed by atoms with Gasteiger partial charge in [0.1, 0.15) is 6.10 Å². The summed E-state index contributed by atoms with van der Waals surface area (Å²) in [7, 11) is 0. The fraction of sp³-hybridized carbons (Fsp3) is 0.933. The molecule has 2 fully saturated rings. The minimum atomic E-state index is -0.387. The van der Waals surface area contributed by atoms with Gasteiger partial charge in [-0.25, -0.2) is 0 Å². The van der Waals surface area contributed by atoms with Crippen LogP contribution in [0.5, 0.6) is 0 Å². The molecule has 2 aliphatic heterocycles. The highest BCUT2D eigenvalue weighted by atomic mass is 16.5. The molecule has 5 nitrogen and oxygen atoms in total. The molecule has 2 saturated heterocycles. The maximum atomic E-state index is 11.9. The molecular formula is C15H28N2O3. The molecule has 0 spiro atoms. The molecule has 0 saturated carbocycles. The molecule has 3 atom stereocenters. The molecule has 0 aromatic heterocycles. The summed E-state index contributed by atoms with van der Waals surface area (Å²) in [5.74, 6) is 0.703. The maximum Gasteiger partial charge on any atom is 0.248 e. The van der Waals surface area contributed by atoms with Crippen LogP contribution in [0.2, 0.25) is 0 Å². The lowest BCUT2D eigenvalue weighted by atomic mass is 10.1. The van der Waals surface area contributed by atoms with E-state index in [4.69, 9.17) is 9.47 Å². The number of carbonyl (C=O) groups is 1. The van der Waals surface area contributed by atoms with Gasteiger partial charge in [-0.1, -0.05) is 0 Å². The molecule has 116 valence electrons. The minimum Gasteiger partial charge on any atom is -0.376 e. The molecule has 0 aliphatic carbocycles. The van der Waals surface area contributed by atoms with Crippen LogP contribution < -0.4 is 10.6 Å². The lowest BCUT2D eigenvalue weighted by molar-refractivity contribution is -0.135. The van der Waals surface area contributed by atoms with E-state index >= 15 is 0 Å². The maximum absolute atomic E-state index is 11.9. The summed E-state index contributed by atoms with van der Waals surface area (Å²) in [6.45, 7) is 6.11. The zero-order valence-electron chi connectivity index (χ0n) is 12.5. The van der Waals surface area contributed by atoms with Crippen molar-refractivity contribution in [2.24, 2.45) is 5.92 Å². The Morgan fingerprint density at radius 3 is 3.05 bits per heavy atom. The fourth-order valence-electron chi connectivity index (χ4n) is 2.77. The number of carbonyl (C=O) groups excluding carboxylic acids is 1. The lowest BCUT2D eigenvalue weighted by Crippen LogP contribution is -2.37. The molecule has 0 radical (unpaired) electrons. The molecular weight excluding hydrogens is 256 g/mol. The van der Waals surface area contributed by atoms with Crippen molar-refractivity contribution < 1.29 is 14.3 Å². The Labute approximate surface area is 121 Å². The Morgan fingerprint density at radius 2 is 2.35 bits per heavy atom. The zero-order valence-corrected chi connectivity index (χ0v) is 12.5. The lowest BCUT2D eigenvalue weighted by Gasteiger charge is -2.24. The average Bonchev–Trinajstić information content (AvgIpc) is 2.99. The SMILES string of the molecule is CC(OCC1CCCCO1)C(=O)NCCC1CCNC1. The summed E-state index contributed by atoms with van der Waals surface area (Å²) in [6.07, 6.45) is 5.44. The summed E-state index contributed by atoms with van der Waals surface area (Å²) < 4.78 is 11.2. The van der Waals surface area contributed by atoms with Crippen LogP contribution in [0.1, 0.15) is 39.0 Å². The van der Waals surface area contributed by atoms with Gasteiger partial charge in [-0.3, -0.25) is 4.79 Å². The van der Waals surface area contributed by atoms with E-state index in [2.05, 4.69) is 10.6 Å². The van der Waals surface area contributed by atoms with Gasteiger partial charge < -0.3 is 20.1 Å². The minimum absolute atomic E-state index is 0.00762. The second kappa shape index (κ2) is 8.60. The van der Waals surface area contributed by atoms with Crippen LogP contribution in [-0.4, -0.2) is 51.0 Å². The van der Waals surface area contributed by atoms with Crippen LogP contribution in [0, 0.1) is 5.92 Å². The van der Waals surface area contributed by atoms with Crippen molar-refractivity contribution in [3.05, 3.63) is 0 Å². The molecule has 3 unspecified atom stereocenters. The number of ether oxygens (including phenoxy) is 2. The van der Waals surface area contributed by atoms with Gasteiger partial charge in [-0.05, 0) is 58.0 Å². The van der Waals surface area contributed by atoms with E-state index in [0.29, 0.717) is 12.5 Å². The number of hydrogen-bond acceptors (Lipinski definition) is 4. The molecule has 0 aromatic rings. The standard InChI is InChI=1S/C15H28N2O3/c1-12(20-11-14-4-2-3-9-19-14)15(18)17-8-6-13-5-7-16-10-13/h12-14,16H,2-11H2,1H3,(H,17,18). The van der Waals surface area contributed by atoms with Gasteiger partial charge in [-0.2, -0.15) is 0 Å². The highest BCUT2D eigenvalue weighted by Crippen LogP contribution is 2.13. The first-order valence-electron chi connectivity index (χ1n) is 7.97. The van der Waals surface area contributed by atoms with Gasteiger partial charge in [-0.15, -0.1) is 0 Å². The molecule has 20 heavy (non-hydrogen) atoms. The summed E-state index contributed by atoms with van der Waals surface area (Å²) >= 11 is 0. The smallest absolute Gasteiger partial charge is 0.248 e. The normalized spacial score (nSPS) is 28.2. The van der Waals surface area contributed by atoms with Gasteiger partial charge in [0.25, 0.3) is 0 Å². The predicted molar refractivity (Wildman–Crippen MR) is 77.6 cm³/mol. The van der Waals surface area contributed by atoms with Gasteiger partial charge in [0, 0.05) is 13.2 Å². The van der Waals surface area contributed by atoms with E-state index in [0.717, 1.165) is 45.5 Å². The van der Waals surface area contributed by atoms with Crippen molar-refractivity contribution in [3.63, 3.8) is 0 Å². The van der Waals surface area contributed by atoms with Crippen molar-refractivity contribution >= 4 is 5.91 Å². The Bertz CT molecular complexity index is 287. The fourth-order valence-corrected chi connectivity index (χ4v) is 2.77. The van der Waals surface area contributed by atoms with E-state index in [1.54, 1.807) is 0 Å². The number of rotatable bonds is 7. The van der Waals surface area contributed by atoms with Crippen molar-refractivity contribution in [1.29, 1.82) is 0 Å². The van der Waals surface area contributed by atoms with E-state index in [1.165, 1.54) is 12.8 Å². The van der Waals surface area contributed by atoms with E-state index < -0.39 is 0 Å².